The van der Waals surface area contributed by atoms with Gasteiger partial charge in [0.2, 0.25) is 0 Å². The van der Waals surface area contributed by atoms with Gasteiger partial charge in [-0.2, -0.15) is 0 Å². The largest absolute Gasteiger partial charge is 0.364 e. The van der Waals surface area contributed by atoms with E-state index in [0.717, 1.165) is 18.5 Å². The summed E-state index contributed by atoms with van der Waals surface area (Å²) in [6, 6.07) is 3.23. The predicted molar refractivity (Wildman–Crippen MR) is 66.2 cm³/mol. The van der Waals surface area contributed by atoms with Gasteiger partial charge in [-0.15, -0.1) is 0 Å². The molecule has 2 aromatic heterocycles. The molecular formula is C13H14N4O2. The minimum absolute atomic E-state index is 0.149. The maximum atomic E-state index is 12.0. The monoisotopic (exact) mass is 258 g/mol. The summed E-state index contributed by atoms with van der Waals surface area (Å²) in [7, 11) is 0. The van der Waals surface area contributed by atoms with Crippen LogP contribution in [0.2, 0.25) is 0 Å². The highest BCUT2D eigenvalue weighted by Gasteiger charge is 2.35. The Labute approximate surface area is 110 Å². The van der Waals surface area contributed by atoms with Crippen LogP contribution in [0, 0.1) is 12.8 Å². The summed E-state index contributed by atoms with van der Waals surface area (Å²) in [6.07, 6.45) is 5.27. The summed E-state index contributed by atoms with van der Waals surface area (Å²) in [6.45, 7) is 1.91. The van der Waals surface area contributed by atoms with Crippen LogP contribution in [0.15, 0.2) is 29.1 Å². The predicted octanol–water partition coefficient (Wildman–Crippen LogP) is 1.65. The number of carbonyl (C=O) groups excluding carboxylic acids is 1. The van der Waals surface area contributed by atoms with Gasteiger partial charge in [0.25, 0.3) is 5.91 Å². The first kappa shape index (κ1) is 11.8. The summed E-state index contributed by atoms with van der Waals surface area (Å²) < 4.78 is 4.68. The third kappa shape index (κ3) is 2.62. The fraction of sp³-hybridized carbons (Fsp3) is 0.385. The van der Waals surface area contributed by atoms with Crippen molar-refractivity contribution in [1.82, 2.24) is 20.4 Å². The lowest BCUT2D eigenvalue weighted by molar-refractivity contribution is 0.0920. The average Bonchev–Trinajstić information content (AvgIpc) is 3.09. The van der Waals surface area contributed by atoms with Crippen LogP contribution in [0.4, 0.5) is 0 Å². The zero-order chi connectivity index (χ0) is 13.2. The topological polar surface area (TPSA) is 80.9 Å². The van der Waals surface area contributed by atoms with Crippen LogP contribution in [0.25, 0.3) is 0 Å². The fourth-order valence-electron chi connectivity index (χ4n) is 1.99. The first-order valence-corrected chi connectivity index (χ1v) is 6.25. The van der Waals surface area contributed by atoms with Crippen molar-refractivity contribution in [3.05, 3.63) is 41.8 Å². The Morgan fingerprint density at radius 3 is 2.95 bits per heavy atom. The van der Waals surface area contributed by atoms with Gasteiger partial charge in [-0.05, 0) is 31.7 Å². The average molecular weight is 258 g/mol. The molecule has 98 valence electrons. The normalized spacial score (nSPS) is 16.1. The minimum Gasteiger partial charge on any atom is -0.364 e. The molecule has 2 heterocycles. The molecule has 2 aromatic rings. The van der Waals surface area contributed by atoms with Crippen molar-refractivity contribution in [2.24, 2.45) is 5.92 Å². The molecule has 0 saturated heterocycles. The molecule has 1 saturated carbocycles. The fourth-order valence-corrected chi connectivity index (χ4v) is 1.99. The third-order valence-electron chi connectivity index (χ3n) is 3.14. The molecule has 0 radical (unpaired) electrons. The molecule has 6 heteroatoms. The van der Waals surface area contributed by atoms with E-state index in [2.05, 4.69) is 25.0 Å². The van der Waals surface area contributed by atoms with Gasteiger partial charge in [0, 0.05) is 18.0 Å². The van der Waals surface area contributed by atoms with Gasteiger partial charge in [-0.25, -0.2) is 9.97 Å². The number of rotatable bonds is 4. The van der Waals surface area contributed by atoms with Crippen LogP contribution in [0.1, 0.15) is 40.9 Å². The Morgan fingerprint density at radius 1 is 1.47 bits per heavy atom. The van der Waals surface area contributed by atoms with Crippen molar-refractivity contribution in [3.8, 4) is 0 Å². The highest BCUT2D eigenvalue weighted by Crippen LogP contribution is 2.39. The second-order valence-corrected chi connectivity index (χ2v) is 4.73. The number of amides is 1. The van der Waals surface area contributed by atoms with Crippen LogP contribution in [0.5, 0.6) is 0 Å². The molecule has 1 aliphatic carbocycles. The van der Waals surface area contributed by atoms with Crippen molar-refractivity contribution in [1.29, 1.82) is 0 Å². The Balaban J connectivity index is 1.80. The van der Waals surface area contributed by atoms with E-state index in [1.54, 1.807) is 6.20 Å². The van der Waals surface area contributed by atoms with Crippen molar-refractivity contribution < 1.29 is 9.32 Å². The van der Waals surface area contributed by atoms with Crippen molar-refractivity contribution in [3.63, 3.8) is 0 Å². The first-order chi connectivity index (χ1) is 9.24. The second kappa shape index (κ2) is 4.79. The Kier molecular flexibility index (Phi) is 2.98. The summed E-state index contributed by atoms with van der Waals surface area (Å²) in [5.74, 6) is 0.827. The van der Waals surface area contributed by atoms with E-state index in [1.165, 1.54) is 12.3 Å². The van der Waals surface area contributed by atoms with Crippen LogP contribution < -0.4 is 5.32 Å². The maximum Gasteiger partial charge on any atom is 0.274 e. The second-order valence-electron chi connectivity index (χ2n) is 4.73. The lowest BCUT2D eigenvalue weighted by Crippen LogP contribution is -2.31. The highest BCUT2D eigenvalue weighted by atomic mass is 16.5. The minimum atomic E-state index is -0.254. The van der Waals surface area contributed by atoms with Crippen LogP contribution in [-0.2, 0) is 0 Å². The Hall–Kier alpha value is -2.24. The lowest BCUT2D eigenvalue weighted by atomic mass is 10.1. The van der Waals surface area contributed by atoms with Gasteiger partial charge in [0.05, 0.1) is 6.04 Å². The number of nitrogens with zero attached hydrogens (tertiary/aromatic N) is 3. The molecule has 0 unspecified atom stereocenters. The van der Waals surface area contributed by atoms with Crippen molar-refractivity contribution >= 4 is 5.91 Å². The molecule has 3 rings (SSSR count). The smallest absolute Gasteiger partial charge is 0.274 e. The van der Waals surface area contributed by atoms with Crippen molar-refractivity contribution in [2.45, 2.75) is 25.8 Å². The van der Waals surface area contributed by atoms with E-state index in [4.69, 9.17) is 0 Å². The van der Waals surface area contributed by atoms with E-state index in [1.807, 2.05) is 13.0 Å². The van der Waals surface area contributed by atoms with Gasteiger partial charge >= 0.3 is 0 Å². The molecule has 1 N–H and O–H groups in total. The molecule has 1 atom stereocenters. The molecule has 1 aliphatic rings. The van der Waals surface area contributed by atoms with E-state index in [9.17, 15) is 4.79 Å². The van der Waals surface area contributed by atoms with E-state index >= 15 is 0 Å². The Morgan fingerprint density at radius 2 is 2.32 bits per heavy atom. The number of aryl methyl sites for hydroxylation is 1. The molecule has 1 fully saturated rings. The molecule has 0 spiro atoms. The number of hydrogen-bond acceptors (Lipinski definition) is 5. The number of carbonyl (C=O) groups is 1. The maximum absolute atomic E-state index is 12.0. The zero-order valence-corrected chi connectivity index (χ0v) is 10.5. The quantitative estimate of drug-likeness (QED) is 0.901. The Bertz CT molecular complexity index is 578. The van der Waals surface area contributed by atoms with Gasteiger partial charge in [0.15, 0.2) is 11.5 Å². The summed E-state index contributed by atoms with van der Waals surface area (Å²) in [5.41, 5.74) is 1.17. The summed E-state index contributed by atoms with van der Waals surface area (Å²) >= 11 is 0. The molecule has 6 nitrogen and oxygen atoms in total. The summed E-state index contributed by atoms with van der Waals surface area (Å²) in [4.78, 5) is 20.7. The number of nitrogens with one attached hydrogen (secondary N) is 1. The molecule has 19 heavy (non-hydrogen) atoms. The van der Waals surface area contributed by atoms with Gasteiger partial charge in [-0.3, -0.25) is 4.79 Å². The first-order valence-electron chi connectivity index (χ1n) is 6.25. The third-order valence-corrected chi connectivity index (χ3v) is 3.14. The van der Waals surface area contributed by atoms with Crippen molar-refractivity contribution in [2.75, 3.05) is 0 Å². The molecular weight excluding hydrogens is 244 g/mol. The van der Waals surface area contributed by atoms with Gasteiger partial charge < -0.3 is 9.84 Å². The number of hydrogen-bond donors (Lipinski definition) is 1. The lowest BCUT2D eigenvalue weighted by Gasteiger charge is -2.16. The molecule has 0 aliphatic heterocycles. The van der Waals surface area contributed by atoms with E-state index < -0.39 is 0 Å². The molecule has 0 bridgehead atoms. The van der Waals surface area contributed by atoms with Gasteiger partial charge in [0.1, 0.15) is 6.26 Å². The van der Waals surface area contributed by atoms with Crippen LogP contribution in [-0.4, -0.2) is 21.0 Å². The zero-order valence-electron chi connectivity index (χ0n) is 10.5. The van der Waals surface area contributed by atoms with Crippen LogP contribution >= 0.6 is 0 Å². The van der Waals surface area contributed by atoms with E-state index in [0.29, 0.717) is 11.7 Å². The van der Waals surface area contributed by atoms with Gasteiger partial charge in [-0.1, -0.05) is 5.16 Å². The number of aromatic nitrogens is 3. The van der Waals surface area contributed by atoms with Crippen LogP contribution in [0.3, 0.4) is 0 Å². The molecule has 1 amide bonds. The highest BCUT2D eigenvalue weighted by molar-refractivity contribution is 5.92. The summed E-state index contributed by atoms with van der Waals surface area (Å²) in [5, 5.41) is 6.57. The van der Waals surface area contributed by atoms with E-state index in [-0.39, 0.29) is 17.6 Å². The SMILES string of the molecule is Cc1ccnc([C@@H](NC(=O)c2ccon2)C2CC2)n1. The molecule has 0 aromatic carbocycles. The standard InChI is InChI=1S/C13H14N4O2/c1-8-4-6-14-12(15-8)11(9-2-3-9)16-13(18)10-5-7-19-17-10/h4-7,9,11H,2-3H2,1H3,(H,16,18)/t11-/m0/s1.